The highest BCUT2D eigenvalue weighted by molar-refractivity contribution is 5.85. The number of nitrogens with zero attached hydrogens (tertiary/aromatic N) is 3. The number of nitrogens with one attached hydrogen (secondary N) is 1. The van der Waals surface area contributed by atoms with E-state index in [1.807, 2.05) is 36.1 Å². The molecule has 1 atom stereocenters. The number of carbonyl (C=O) groups excluding carboxylic acids is 1. The molecule has 0 bridgehead atoms. The van der Waals surface area contributed by atoms with Gasteiger partial charge < -0.3 is 10.2 Å². The molecule has 126 valence electrons. The highest BCUT2D eigenvalue weighted by atomic mass is 35.5. The van der Waals surface area contributed by atoms with Crippen LogP contribution in [0.4, 0.5) is 0 Å². The third-order valence-corrected chi connectivity index (χ3v) is 4.42. The van der Waals surface area contributed by atoms with Gasteiger partial charge in [-0.05, 0) is 19.1 Å². The number of piperazine rings is 1. The highest BCUT2D eigenvalue weighted by Crippen LogP contribution is 2.13. The Kier molecular flexibility index (Phi) is 5.49. The summed E-state index contributed by atoms with van der Waals surface area (Å²) in [6.07, 6.45) is 0.359. The van der Waals surface area contributed by atoms with E-state index in [4.69, 9.17) is 0 Å². The number of benzene rings is 1. The molecule has 0 spiro atoms. The molecule has 3 rings (SSSR count). The van der Waals surface area contributed by atoms with Crippen molar-refractivity contribution in [3.8, 4) is 0 Å². The van der Waals surface area contributed by atoms with Crippen molar-refractivity contribution in [2.75, 3.05) is 19.6 Å². The number of carbonyl (C=O) groups is 1. The van der Waals surface area contributed by atoms with Crippen LogP contribution in [0.2, 0.25) is 0 Å². The zero-order chi connectivity index (χ0) is 15.7. The molecule has 7 heteroatoms. The second kappa shape index (κ2) is 7.19. The third-order valence-electron chi connectivity index (χ3n) is 4.42. The van der Waals surface area contributed by atoms with Gasteiger partial charge in [-0.1, -0.05) is 12.1 Å². The average Bonchev–Trinajstić information content (AvgIpc) is 2.77. The minimum absolute atomic E-state index is 0. The van der Waals surface area contributed by atoms with Crippen LogP contribution < -0.4 is 11.0 Å². The number of imidazole rings is 1. The molecular weight excluding hydrogens is 316 g/mol. The average molecular weight is 339 g/mol. The maximum absolute atomic E-state index is 12.4. The molecular formula is C16H23ClN4O2. The summed E-state index contributed by atoms with van der Waals surface area (Å²) >= 11 is 0. The molecule has 23 heavy (non-hydrogen) atoms. The van der Waals surface area contributed by atoms with Crippen molar-refractivity contribution < 1.29 is 4.79 Å². The maximum Gasteiger partial charge on any atom is 0.328 e. The number of aromatic nitrogens is 2. The van der Waals surface area contributed by atoms with Gasteiger partial charge in [0.05, 0.1) is 11.0 Å². The number of amides is 1. The monoisotopic (exact) mass is 338 g/mol. The third kappa shape index (κ3) is 3.28. The Balaban J connectivity index is 0.00000192. The molecule has 1 aliphatic heterocycles. The second-order valence-corrected chi connectivity index (χ2v) is 5.87. The lowest BCUT2D eigenvalue weighted by molar-refractivity contribution is -0.134. The van der Waals surface area contributed by atoms with Crippen molar-refractivity contribution in [1.82, 2.24) is 19.4 Å². The summed E-state index contributed by atoms with van der Waals surface area (Å²) in [7, 11) is 1.77. The number of rotatable bonds is 3. The molecule has 1 amide bonds. The van der Waals surface area contributed by atoms with Crippen molar-refractivity contribution in [2.45, 2.75) is 25.9 Å². The Morgan fingerprint density at radius 3 is 2.70 bits per heavy atom. The first-order chi connectivity index (χ1) is 10.6. The first kappa shape index (κ1) is 17.6. The van der Waals surface area contributed by atoms with Gasteiger partial charge in [-0.25, -0.2) is 4.79 Å². The van der Waals surface area contributed by atoms with Crippen molar-refractivity contribution >= 4 is 29.3 Å². The van der Waals surface area contributed by atoms with Crippen molar-refractivity contribution in [3.05, 3.63) is 34.7 Å². The summed E-state index contributed by atoms with van der Waals surface area (Å²) in [5, 5.41) is 3.28. The van der Waals surface area contributed by atoms with Crippen molar-refractivity contribution in [1.29, 1.82) is 0 Å². The molecule has 1 aliphatic rings. The summed E-state index contributed by atoms with van der Waals surface area (Å²) in [5.41, 5.74) is 1.72. The van der Waals surface area contributed by atoms with E-state index in [2.05, 4.69) is 5.32 Å². The van der Waals surface area contributed by atoms with Gasteiger partial charge in [0.2, 0.25) is 5.91 Å². The Labute approximate surface area is 141 Å². The molecule has 1 saturated heterocycles. The van der Waals surface area contributed by atoms with Gasteiger partial charge >= 0.3 is 5.69 Å². The Bertz CT molecular complexity index is 752. The van der Waals surface area contributed by atoms with Crippen LogP contribution in [-0.2, 0) is 18.4 Å². The van der Waals surface area contributed by atoms with Gasteiger partial charge in [0.1, 0.15) is 0 Å². The van der Waals surface area contributed by atoms with E-state index in [0.29, 0.717) is 13.0 Å². The zero-order valence-corrected chi connectivity index (χ0v) is 14.3. The van der Waals surface area contributed by atoms with Crippen LogP contribution in [0.15, 0.2) is 29.1 Å². The van der Waals surface area contributed by atoms with E-state index in [-0.39, 0.29) is 30.0 Å². The molecule has 0 aliphatic carbocycles. The van der Waals surface area contributed by atoms with Gasteiger partial charge in [0.15, 0.2) is 0 Å². The quantitative estimate of drug-likeness (QED) is 0.907. The van der Waals surface area contributed by atoms with E-state index in [9.17, 15) is 9.59 Å². The van der Waals surface area contributed by atoms with E-state index in [1.54, 1.807) is 16.2 Å². The largest absolute Gasteiger partial charge is 0.337 e. The summed E-state index contributed by atoms with van der Waals surface area (Å²) < 4.78 is 3.33. The summed E-state index contributed by atoms with van der Waals surface area (Å²) in [5.74, 6) is 0.119. The van der Waals surface area contributed by atoms with E-state index >= 15 is 0 Å². The standard InChI is InChI=1S/C16H22N4O2.ClH/c1-12-11-17-8-10-19(12)15(21)7-9-20-14-6-4-3-5-13(14)18(2)16(20)22;/h3-6,12,17H,7-11H2,1-2H3;1H/t12-;/m0./s1. The number of para-hydroxylation sites is 2. The van der Waals surface area contributed by atoms with Crippen LogP contribution in [0.1, 0.15) is 13.3 Å². The van der Waals surface area contributed by atoms with Crippen LogP contribution in [0.3, 0.4) is 0 Å². The number of hydrogen-bond acceptors (Lipinski definition) is 3. The predicted octanol–water partition coefficient (Wildman–Crippen LogP) is 0.972. The molecule has 6 nitrogen and oxygen atoms in total. The van der Waals surface area contributed by atoms with E-state index in [1.165, 1.54) is 0 Å². The van der Waals surface area contributed by atoms with Crippen LogP contribution >= 0.6 is 12.4 Å². The van der Waals surface area contributed by atoms with Crippen LogP contribution in [0, 0.1) is 0 Å². The zero-order valence-electron chi connectivity index (χ0n) is 13.5. The Morgan fingerprint density at radius 2 is 2.00 bits per heavy atom. The highest BCUT2D eigenvalue weighted by Gasteiger charge is 2.23. The predicted molar refractivity (Wildman–Crippen MR) is 93.1 cm³/mol. The minimum Gasteiger partial charge on any atom is -0.337 e. The molecule has 2 aromatic rings. The summed E-state index contributed by atoms with van der Waals surface area (Å²) in [6, 6.07) is 7.89. The van der Waals surface area contributed by atoms with Crippen molar-refractivity contribution in [3.63, 3.8) is 0 Å². The number of hydrogen-bond donors (Lipinski definition) is 1. The van der Waals surface area contributed by atoms with Crippen LogP contribution in [0.5, 0.6) is 0 Å². The number of halogens is 1. The topological polar surface area (TPSA) is 59.3 Å². The maximum atomic E-state index is 12.4. The van der Waals surface area contributed by atoms with Crippen LogP contribution in [0.25, 0.3) is 11.0 Å². The van der Waals surface area contributed by atoms with E-state index < -0.39 is 0 Å². The normalized spacial score (nSPS) is 18.0. The molecule has 0 unspecified atom stereocenters. The molecule has 1 aromatic heterocycles. The first-order valence-electron chi connectivity index (χ1n) is 7.74. The second-order valence-electron chi connectivity index (χ2n) is 5.87. The molecule has 0 radical (unpaired) electrons. The van der Waals surface area contributed by atoms with Crippen molar-refractivity contribution in [2.24, 2.45) is 7.05 Å². The summed E-state index contributed by atoms with van der Waals surface area (Å²) in [6.45, 7) is 4.89. The van der Waals surface area contributed by atoms with E-state index in [0.717, 1.165) is 30.7 Å². The van der Waals surface area contributed by atoms with Gasteiger partial charge in [-0.15, -0.1) is 12.4 Å². The number of fused-ring (bicyclic) bond motifs is 1. The van der Waals surface area contributed by atoms with Gasteiger partial charge in [0.25, 0.3) is 0 Å². The molecule has 1 N–H and O–H groups in total. The fraction of sp³-hybridized carbons (Fsp3) is 0.500. The lowest BCUT2D eigenvalue weighted by atomic mass is 10.2. The number of aryl methyl sites for hydroxylation is 2. The lowest BCUT2D eigenvalue weighted by Gasteiger charge is -2.34. The Morgan fingerprint density at radius 1 is 1.30 bits per heavy atom. The van der Waals surface area contributed by atoms with Gasteiger partial charge in [-0.3, -0.25) is 13.9 Å². The molecule has 1 fully saturated rings. The SMILES string of the molecule is C[C@H]1CNCCN1C(=O)CCn1c(=O)n(C)c2ccccc21.Cl. The van der Waals surface area contributed by atoms with Gasteiger partial charge in [0, 0.05) is 45.7 Å². The molecule has 0 saturated carbocycles. The van der Waals surface area contributed by atoms with Crippen LogP contribution in [-0.4, -0.2) is 45.6 Å². The fourth-order valence-electron chi connectivity index (χ4n) is 3.14. The van der Waals surface area contributed by atoms with Gasteiger partial charge in [-0.2, -0.15) is 0 Å². The minimum atomic E-state index is -0.0673. The Hall–Kier alpha value is -1.79. The smallest absolute Gasteiger partial charge is 0.328 e. The lowest BCUT2D eigenvalue weighted by Crippen LogP contribution is -2.52. The fourth-order valence-corrected chi connectivity index (χ4v) is 3.14. The first-order valence-corrected chi connectivity index (χ1v) is 7.74. The molecule has 2 heterocycles. The molecule has 1 aromatic carbocycles. The summed E-state index contributed by atoms with van der Waals surface area (Å²) in [4.78, 5) is 26.7.